The summed E-state index contributed by atoms with van der Waals surface area (Å²) in [4.78, 5) is 26.5. The minimum absolute atomic E-state index is 0.558. The van der Waals surface area contributed by atoms with Crippen molar-refractivity contribution in [2.45, 2.75) is 0 Å². The molecule has 0 aliphatic carbocycles. The summed E-state index contributed by atoms with van der Waals surface area (Å²) in [6.07, 6.45) is 5.99. The van der Waals surface area contributed by atoms with Crippen LogP contribution in [0.15, 0.2) is 36.9 Å². The first-order valence-electron chi connectivity index (χ1n) is 3.47. The van der Waals surface area contributed by atoms with E-state index >= 15 is 0 Å². The Balaban J connectivity index is 0.000000249. The molecule has 0 radical (unpaired) electrons. The molecule has 0 saturated carbocycles. The van der Waals surface area contributed by atoms with Crippen LogP contribution in [-0.4, -0.2) is 32.1 Å². The fourth-order valence-electron chi connectivity index (χ4n) is 0.396. The van der Waals surface area contributed by atoms with Crippen LogP contribution in [0.1, 0.15) is 0 Å². The maximum Gasteiger partial charge on any atom is 0.328 e. The van der Waals surface area contributed by atoms with Crippen molar-refractivity contribution >= 4 is 11.9 Å². The van der Waals surface area contributed by atoms with E-state index in [1.807, 2.05) is 0 Å². The van der Waals surface area contributed by atoms with Crippen molar-refractivity contribution in [2.75, 3.05) is 0 Å². The van der Waals surface area contributed by atoms with Crippen molar-refractivity contribution in [1.29, 1.82) is 0 Å². The number of aromatic nitrogens is 2. The molecule has 0 aromatic carbocycles. The molecule has 6 heteroatoms. The van der Waals surface area contributed by atoms with Crippen molar-refractivity contribution in [3.05, 3.63) is 36.9 Å². The van der Waals surface area contributed by atoms with E-state index < -0.39 is 11.9 Å². The average Bonchev–Trinajstić information content (AvgIpc) is 2.18. The minimum atomic E-state index is -1.26. The molecule has 1 heterocycles. The number of carboxylic acid groups (broad SMARTS) is 2. The van der Waals surface area contributed by atoms with E-state index in [2.05, 4.69) is 9.97 Å². The predicted molar refractivity (Wildman–Crippen MR) is 46.4 cm³/mol. The summed E-state index contributed by atoms with van der Waals surface area (Å²) in [5.41, 5.74) is 0. The second kappa shape index (κ2) is 7.41. The number of rotatable bonds is 2. The summed E-state index contributed by atoms with van der Waals surface area (Å²) in [5.74, 6) is -2.51. The van der Waals surface area contributed by atoms with Gasteiger partial charge in [0.05, 0.1) is 0 Å². The number of carboxylic acids is 2. The van der Waals surface area contributed by atoms with Crippen molar-refractivity contribution in [3.8, 4) is 0 Å². The first-order chi connectivity index (χ1) is 6.63. The van der Waals surface area contributed by atoms with E-state index in [0.29, 0.717) is 12.2 Å². The SMILES string of the molecule is O=C(O)/C=C\C(=O)O.c1cncnc1. The van der Waals surface area contributed by atoms with Gasteiger partial charge in [-0.2, -0.15) is 0 Å². The Labute approximate surface area is 79.6 Å². The van der Waals surface area contributed by atoms with Gasteiger partial charge in [0.2, 0.25) is 0 Å². The summed E-state index contributed by atoms with van der Waals surface area (Å²) in [7, 11) is 0. The van der Waals surface area contributed by atoms with Gasteiger partial charge in [-0.1, -0.05) is 0 Å². The van der Waals surface area contributed by atoms with Crippen LogP contribution in [0.3, 0.4) is 0 Å². The molecule has 0 bridgehead atoms. The van der Waals surface area contributed by atoms with E-state index in [1.54, 1.807) is 18.5 Å². The highest BCUT2D eigenvalue weighted by Gasteiger charge is 1.88. The Morgan fingerprint density at radius 3 is 1.57 bits per heavy atom. The van der Waals surface area contributed by atoms with Crippen LogP contribution in [0, 0.1) is 0 Å². The number of hydrogen-bond donors (Lipinski definition) is 2. The standard InChI is InChI=1S/C4H4N2.C4H4O4/c1-2-5-4-6-3-1;5-3(6)1-2-4(7)8/h1-4H;1-2H,(H,5,6)(H,7,8)/b;2-1-. The second-order valence-electron chi connectivity index (χ2n) is 1.91. The lowest BCUT2D eigenvalue weighted by Gasteiger charge is -1.74. The Hall–Kier alpha value is -2.24. The van der Waals surface area contributed by atoms with Crippen LogP contribution in [-0.2, 0) is 9.59 Å². The van der Waals surface area contributed by atoms with Crippen LogP contribution in [0.4, 0.5) is 0 Å². The van der Waals surface area contributed by atoms with Gasteiger partial charge in [0.15, 0.2) is 0 Å². The van der Waals surface area contributed by atoms with E-state index in [0.717, 1.165) is 0 Å². The van der Waals surface area contributed by atoms with Gasteiger partial charge in [-0.05, 0) is 6.07 Å². The molecule has 74 valence electrons. The predicted octanol–water partition coefficient (Wildman–Crippen LogP) is 0.188. The van der Waals surface area contributed by atoms with Crippen molar-refractivity contribution in [2.24, 2.45) is 0 Å². The van der Waals surface area contributed by atoms with Crippen molar-refractivity contribution < 1.29 is 19.8 Å². The van der Waals surface area contributed by atoms with Crippen molar-refractivity contribution in [1.82, 2.24) is 9.97 Å². The van der Waals surface area contributed by atoms with Gasteiger partial charge < -0.3 is 10.2 Å². The zero-order valence-corrected chi connectivity index (χ0v) is 7.07. The highest BCUT2D eigenvalue weighted by molar-refractivity contribution is 5.89. The lowest BCUT2D eigenvalue weighted by Crippen LogP contribution is -1.91. The highest BCUT2D eigenvalue weighted by atomic mass is 16.4. The molecule has 14 heavy (non-hydrogen) atoms. The molecule has 0 aliphatic rings. The smallest absolute Gasteiger partial charge is 0.328 e. The molecule has 0 aliphatic heterocycles. The number of aliphatic carboxylic acids is 2. The normalized spacial score (nSPS) is 8.86. The Morgan fingerprint density at radius 2 is 1.43 bits per heavy atom. The number of carbonyl (C=O) groups is 2. The monoisotopic (exact) mass is 196 g/mol. The third-order valence-corrected chi connectivity index (χ3v) is 0.846. The van der Waals surface area contributed by atoms with Gasteiger partial charge in [-0.15, -0.1) is 0 Å². The van der Waals surface area contributed by atoms with Crippen LogP contribution < -0.4 is 0 Å². The third-order valence-electron chi connectivity index (χ3n) is 0.846. The molecule has 0 atom stereocenters. The van der Waals surface area contributed by atoms with Crippen LogP contribution >= 0.6 is 0 Å². The Bertz CT molecular complexity index is 268. The van der Waals surface area contributed by atoms with Gasteiger partial charge >= 0.3 is 11.9 Å². The molecular formula is C8H8N2O4. The summed E-state index contributed by atoms with van der Waals surface area (Å²) in [5, 5.41) is 15.6. The quantitative estimate of drug-likeness (QED) is 0.655. The maximum absolute atomic E-state index is 9.55. The zero-order valence-electron chi connectivity index (χ0n) is 7.07. The van der Waals surface area contributed by atoms with Gasteiger partial charge in [0.25, 0.3) is 0 Å². The van der Waals surface area contributed by atoms with Gasteiger partial charge in [0.1, 0.15) is 6.33 Å². The molecule has 1 aromatic rings. The van der Waals surface area contributed by atoms with Crippen LogP contribution in [0.25, 0.3) is 0 Å². The van der Waals surface area contributed by atoms with Gasteiger partial charge in [-0.25, -0.2) is 19.6 Å². The highest BCUT2D eigenvalue weighted by Crippen LogP contribution is 1.70. The lowest BCUT2D eigenvalue weighted by atomic mass is 10.5. The fourth-order valence-corrected chi connectivity index (χ4v) is 0.396. The van der Waals surface area contributed by atoms with Gasteiger partial charge in [0, 0.05) is 24.5 Å². The second-order valence-corrected chi connectivity index (χ2v) is 1.91. The number of hydrogen-bond acceptors (Lipinski definition) is 4. The lowest BCUT2D eigenvalue weighted by molar-refractivity contribution is -0.134. The average molecular weight is 196 g/mol. The van der Waals surface area contributed by atoms with Gasteiger partial charge in [-0.3, -0.25) is 0 Å². The molecule has 0 unspecified atom stereocenters. The first-order valence-corrected chi connectivity index (χ1v) is 3.47. The van der Waals surface area contributed by atoms with Crippen LogP contribution in [0.2, 0.25) is 0 Å². The summed E-state index contributed by atoms with van der Waals surface area (Å²) in [6, 6.07) is 1.78. The molecule has 1 rings (SSSR count). The Morgan fingerprint density at radius 1 is 1.00 bits per heavy atom. The van der Waals surface area contributed by atoms with E-state index in [1.165, 1.54) is 6.33 Å². The van der Waals surface area contributed by atoms with E-state index in [9.17, 15) is 9.59 Å². The zero-order chi connectivity index (χ0) is 10.8. The molecule has 0 amide bonds. The molecule has 2 N–H and O–H groups in total. The molecule has 1 aromatic heterocycles. The molecular weight excluding hydrogens is 188 g/mol. The van der Waals surface area contributed by atoms with E-state index in [4.69, 9.17) is 10.2 Å². The number of nitrogens with zero attached hydrogens (tertiary/aromatic N) is 2. The summed E-state index contributed by atoms with van der Waals surface area (Å²) in [6.45, 7) is 0. The Kier molecular flexibility index (Phi) is 6.23. The largest absolute Gasteiger partial charge is 0.478 e. The summed E-state index contributed by atoms with van der Waals surface area (Å²) < 4.78 is 0. The maximum atomic E-state index is 9.55. The molecule has 0 saturated heterocycles. The van der Waals surface area contributed by atoms with E-state index in [-0.39, 0.29) is 0 Å². The molecule has 6 nitrogen and oxygen atoms in total. The molecule has 0 spiro atoms. The summed E-state index contributed by atoms with van der Waals surface area (Å²) >= 11 is 0. The minimum Gasteiger partial charge on any atom is -0.478 e. The van der Waals surface area contributed by atoms with Crippen LogP contribution in [0.5, 0.6) is 0 Å². The topological polar surface area (TPSA) is 100 Å². The fraction of sp³-hybridized carbons (Fsp3) is 0. The third kappa shape index (κ3) is 9.76. The first kappa shape index (κ1) is 11.8. The van der Waals surface area contributed by atoms with Crippen molar-refractivity contribution in [3.63, 3.8) is 0 Å². The molecule has 0 fully saturated rings.